The highest BCUT2D eigenvalue weighted by Gasteiger charge is 2.36. The minimum absolute atomic E-state index is 0.0756. The lowest BCUT2D eigenvalue weighted by atomic mass is 10.2. The number of nitrogens with zero attached hydrogens (tertiary/aromatic N) is 2. The molecule has 1 fully saturated rings. The van der Waals surface area contributed by atoms with Gasteiger partial charge in [0.2, 0.25) is 0 Å². The molecule has 1 aliphatic rings. The molecule has 1 aliphatic heterocycles. The number of ether oxygens (including phenoxy) is 2. The highest BCUT2D eigenvalue weighted by atomic mass is 32.1. The fraction of sp³-hybridized carbons (Fsp3) is 0.538. The first kappa shape index (κ1) is 15.6. The predicted molar refractivity (Wildman–Crippen MR) is 80.6 cm³/mol. The molecule has 2 atom stereocenters. The number of thiophene rings is 1. The van der Waals surface area contributed by atoms with Crippen LogP contribution in [0.5, 0.6) is 0 Å². The third-order valence-corrected chi connectivity index (χ3v) is 4.84. The summed E-state index contributed by atoms with van der Waals surface area (Å²) < 4.78 is 10.8. The van der Waals surface area contributed by atoms with Crippen LogP contribution in [-0.2, 0) is 9.47 Å². The van der Waals surface area contributed by atoms with E-state index in [1.54, 1.807) is 14.2 Å². The van der Waals surface area contributed by atoms with Crippen LogP contribution >= 0.6 is 11.3 Å². The maximum atomic E-state index is 11.8. The molecule has 0 aliphatic carbocycles. The molecule has 3 N–H and O–H groups in total. The lowest BCUT2D eigenvalue weighted by Gasteiger charge is -2.15. The van der Waals surface area contributed by atoms with Crippen LogP contribution < -0.4 is 16.0 Å². The van der Waals surface area contributed by atoms with E-state index in [0.29, 0.717) is 28.5 Å². The van der Waals surface area contributed by atoms with Crippen molar-refractivity contribution < 1.29 is 14.3 Å². The van der Waals surface area contributed by atoms with Crippen molar-refractivity contribution in [1.82, 2.24) is 5.32 Å². The van der Waals surface area contributed by atoms with Gasteiger partial charge in [-0.1, -0.05) is 0 Å². The summed E-state index contributed by atoms with van der Waals surface area (Å²) in [5.41, 5.74) is 6.50. The molecular weight excluding hydrogens is 292 g/mol. The molecule has 114 valence electrons. The van der Waals surface area contributed by atoms with Crippen LogP contribution in [-0.4, -0.2) is 52.5 Å². The predicted octanol–water partition coefficient (Wildman–Crippen LogP) is 0.412. The molecule has 2 heterocycles. The summed E-state index contributed by atoms with van der Waals surface area (Å²) in [7, 11) is 4.79. The Hall–Kier alpha value is -1.82. The van der Waals surface area contributed by atoms with Gasteiger partial charge in [-0.15, -0.1) is 11.3 Å². The monoisotopic (exact) mass is 310 g/mol. The Morgan fingerprint density at radius 3 is 2.43 bits per heavy atom. The molecule has 1 aromatic heterocycles. The zero-order valence-electron chi connectivity index (χ0n) is 12.2. The number of amides is 1. The van der Waals surface area contributed by atoms with Crippen LogP contribution in [0.25, 0.3) is 0 Å². The number of nitrogens with two attached hydrogens (primary N) is 1. The maximum Gasteiger partial charge on any atom is 0.263 e. The number of carbonyl (C=O) groups is 1. The van der Waals surface area contributed by atoms with E-state index in [1.165, 1.54) is 18.4 Å². The van der Waals surface area contributed by atoms with Crippen molar-refractivity contribution in [1.29, 1.82) is 5.26 Å². The SMILES string of the molecule is CNC(=O)c1sc(N2CC(OC)C(OC)C2)c(C#N)c1N. The van der Waals surface area contributed by atoms with E-state index >= 15 is 0 Å². The van der Waals surface area contributed by atoms with Crippen LogP contribution in [0.2, 0.25) is 0 Å². The van der Waals surface area contributed by atoms with Gasteiger partial charge in [0.15, 0.2) is 0 Å². The standard InChI is InChI=1S/C13H18N4O3S/c1-16-12(18)11-10(15)7(4-14)13(21-11)17-5-8(19-2)9(6-17)20-3/h8-9H,5-6,15H2,1-3H3,(H,16,18). The number of hydrogen-bond acceptors (Lipinski definition) is 7. The summed E-state index contributed by atoms with van der Waals surface area (Å²) in [5.74, 6) is -0.286. The van der Waals surface area contributed by atoms with Gasteiger partial charge in [0.25, 0.3) is 5.91 Å². The zero-order valence-corrected chi connectivity index (χ0v) is 13.0. The topological polar surface area (TPSA) is 101 Å². The number of hydrogen-bond donors (Lipinski definition) is 2. The molecule has 0 saturated carbocycles. The highest BCUT2D eigenvalue weighted by Crippen LogP contribution is 2.39. The number of nitrogens with one attached hydrogen (secondary N) is 1. The van der Waals surface area contributed by atoms with E-state index in [2.05, 4.69) is 11.4 Å². The summed E-state index contributed by atoms with van der Waals surface area (Å²) in [6, 6.07) is 2.09. The van der Waals surface area contributed by atoms with E-state index in [0.717, 1.165) is 0 Å². The number of carbonyl (C=O) groups excluding carboxylic acids is 1. The van der Waals surface area contributed by atoms with Gasteiger partial charge >= 0.3 is 0 Å². The number of anilines is 2. The summed E-state index contributed by atoms with van der Waals surface area (Å²) >= 11 is 1.22. The van der Waals surface area contributed by atoms with Gasteiger partial charge < -0.3 is 25.4 Å². The van der Waals surface area contributed by atoms with Gasteiger partial charge in [0.05, 0.1) is 5.69 Å². The van der Waals surface area contributed by atoms with Crippen molar-refractivity contribution >= 4 is 27.9 Å². The lowest BCUT2D eigenvalue weighted by molar-refractivity contribution is -0.00461. The van der Waals surface area contributed by atoms with Crippen LogP contribution in [0.1, 0.15) is 15.2 Å². The number of nitriles is 1. The Morgan fingerprint density at radius 2 is 2.00 bits per heavy atom. The molecule has 2 rings (SSSR count). The molecule has 0 aromatic carbocycles. The minimum Gasteiger partial charge on any atom is -0.396 e. The maximum absolute atomic E-state index is 11.8. The average Bonchev–Trinajstić information content (AvgIpc) is 3.06. The Bertz CT molecular complexity index is 569. The molecule has 7 nitrogen and oxygen atoms in total. The Labute approximate surface area is 127 Å². The second-order valence-electron chi connectivity index (χ2n) is 4.67. The Morgan fingerprint density at radius 1 is 1.43 bits per heavy atom. The van der Waals surface area contributed by atoms with Crippen molar-refractivity contribution in [2.45, 2.75) is 12.2 Å². The van der Waals surface area contributed by atoms with Crippen molar-refractivity contribution in [2.75, 3.05) is 45.0 Å². The Balaban J connectivity index is 2.37. The zero-order chi connectivity index (χ0) is 15.6. The molecule has 0 spiro atoms. The molecule has 0 radical (unpaired) electrons. The fourth-order valence-electron chi connectivity index (χ4n) is 2.41. The summed E-state index contributed by atoms with van der Waals surface area (Å²) in [4.78, 5) is 14.2. The largest absolute Gasteiger partial charge is 0.396 e. The number of methoxy groups -OCH3 is 2. The van der Waals surface area contributed by atoms with Gasteiger partial charge in [-0.05, 0) is 0 Å². The van der Waals surface area contributed by atoms with Gasteiger partial charge in [-0.3, -0.25) is 4.79 Å². The highest BCUT2D eigenvalue weighted by molar-refractivity contribution is 7.19. The molecule has 21 heavy (non-hydrogen) atoms. The van der Waals surface area contributed by atoms with E-state index < -0.39 is 0 Å². The van der Waals surface area contributed by atoms with Crippen LogP contribution in [0.4, 0.5) is 10.7 Å². The first-order valence-corrected chi connectivity index (χ1v) is 7.23. The van der Waals surface area contributed by atoms with E-state index in [-0.39, 0.29) is 23.8 Å². The van der Waals surface area contributed by atoms with Crippen molar-refractivity contribution in [3.8, 4) is 6.07 Å². The molecular formula is C13H18N4O3S. The normalized spacial score (nSPS) is 21.3. The molecule has 1 saturated heterocycles. The van der Waals surface area contributed by atoms with Gasteiger partial charge in [-0.2, -0.15) is 5.26 Å². The molecule has 2 unspecified atom stereocenters. The lowest BCUT2D eigenvalue weighted by Crippen LogP contribution is -2.27. The van der Waals surface area contributed by atoms with Gasteiger partial charge in [0.1, 0.15) is 33.7 Å². The van der Waals surface area contributed by atoms with Crippen LogP contribution in [0.3, 0.4) is 0 Å². The van der Waals surface area contributed by atoms with E-state index in [1.807, 2.05) is 4.90 Å². The third kappa shape index (κ3) is 2.68. The average molecular weight is 310 g/mol. The van der Waals surface area contributed by atoms with Crippen molar-refractivity contribution in [3.63, 3.8) is 0 Å². The van der Waals surface area contributed by atoms with Crippen molar-refractivity contribution in [3.05, 3.63) is 10.4 Å². The van der Waals surface area contributed by atoms with Crippen LogP contribution in [0.15, 0.2) is 0 Å². The van der Waals surface area contributed by atoms with E-state index in [9.17, 15) is 10.1 Å². The van der Waals surface area contributed by atoms with Gasteiger partial charge in [-0.25, -0.2) is 0 Å². The summed E-state index contributed by atoms with van der Waals surface area (Å²) in [6.45, 7) is 1.19. The minimum atomic E-state index is -0.286. The summed E-state index contributed by atoms with van der Waals surface area (Å²) in [6.07, 6.45) is -0.151. The summed E-state index contributed by atoms with van der Waals surface area (Å²) in [5, 5.41) is 12.6. The van der Waals surface area contributed by atoms with Crippen LogP contribution in [0, 0.1) is 11.3 Å². The Kier molecular flexibility index (Phi) is 4.67. The van der Waals surface area contributed by atoms with E-state index in [4.69, 9.17) is 15.2 Å². The smallest absolute Gasteiger partial charge is 0.263 e. The number of rotatable bonds is 4. The van der Waals surface area contributed by atoms with Gasteiger partial charge in [0, 0.05) is 34.4 Å². The number of nitrogen functional groups attached to an aromatic ring is 1. The molecule has 8 heteroatoms. The first-order valence-electron chi connectivity index (χ1n) is 6.42. The third-order valence-electron chi connectivity index (χ3n) is 3.58. The fourth-order valence-corrected chi connectivity index (χ4v) is 3.54. The molecule has 0 bridgehead atoms. The second-order valence-corrected chi connectivity index (χ2v) is 5.67. The quantitative estimate of drug-likeness (QED) is 0.835. The van der Waals surface area contributed by atoms with Crippen molar-refractivity contribution in [2.24, 2.45) is 0 Å². The second kappa shape index (κ2) is 6.30. The molecule has 1 aromatic rings. The molecule has 1 amide bonds. The first-order chi connectivity index (χ1) is 10.1.